The fourth-order valence-electron chi connectivity index (χ4n) is 4.80. The van der Waals surface area contributed by atoms with Gasteiger partial charge in [-0.3, -0.25) is 0 Å². The van der Waals surface area contributed by atoms with Gasteiger partial charge in [0.15, 0.2) is 0 Å². The minimum atomic E-state index is -0.708. The first kappa shape index (κ1) is 27.8. The molecule has 0 radical (unpaired) electrons. The van der Waals surface area contributed by atoms with Crippen LogP contribution >= 0.6 is 56.1 Å². The number of thiol groups is 1. The number of halogens is 2. The second-order valence-electron chi connectivity index (χ2n) is 9.29. The van der Waals surface area contributed by atoms with Crippen LogP contribution in [0.3, 0.4) is 0 Å². The van der Waals surface area contributed by atoms with Gasteiger partial charge in [-0.15, -0.1) is 0 Å². The van der Waals surface area contributed by atoms with Crippen LogP contribution in [0.2, 0.25) is 0 Å². The Hall–Kier alpha value is -3.35. The molecule has 1 heterocycles. The SMILES string of the molecule is O=C(OCc1cc(I)c(O)c(I)c1)c1ccccc1C(=O)Oc1ccc2c(c1)-c1ccccc1[SH]2c1ccccc1. The van der Waals surface area contributed by atoms with Gasteiger partial charge in [-0.1, -0.05) is 48.5 Å². The predicted octanol–water partition coefficient (Wildman–Crippen LogP) is 8.64. The molecule has 1 aliphatic heterocycles. The van der Waals surface area contributed by atoms with Gasteiger partial charge >= 0.3 is 11.9 Å². The molecule has 1 aliphatic rings. The van der Waals surface area contributed by atoms with Crippen LogP contribution in [-0.2, 0) is 11.3 Å². The summed E-state index contributed by atoms with van der Waals surface area (Å²) >= 11 is 4.06. The van der Waals surface area contributed by atoms with E-state index in [4.69, 9.17) is 9.47 Å². The molecule has 1 atom stereocenters. The van der Waals surface area contributed by atoms with E-state index in [0.29, 0.717) is 12.9 Å². The summed E-state index contributed by atoms with van der Waals surface area (Å²) in [6.07, 6.45) is 0. The summed E-state index contributed by atoms with van der Waals surface area (Å²) in [6.45, 7) is 0.00310. The van der Waals surface area contributed by atoms with E-state index in [2.05, 4.69) is 42.5 Å². The van der Waals surface area contributed by atoms with Crippen LogP contribution < -0.4 is 4.74 Å². The number of carbonyl (C=O) groups excluding carboxylic acids is 2. The highest BCUT2D eigenvalue weighted by Gasteiger charge is 2.28. The lowest BCUT2D eigenvalue weighted by atomic mass is 10.1. The van der Waals surface area contributed by atoms with Crippen molar-refractivity contribution < 1.29 is 24.2 Å². The molecule has 41 heavy (non-hydrogen) atoms. The van der Waals surface area contributed by atoms with Crippen molar-refractivity contribution in [3.05, 3.63) is 133 Å². The molecule has 6 rings (SSSR count). The number of aromatic hydroxyl groups is 1. The van der Waals surface area contributed by atoms with Crippen LogP contribution in [0.15, 0.2) is 124 Å². The summed E-state index contributed by atoms with van der Waals surface area (Å²) in [5.41, 5.74) is 3.17. The quantitative estimate of drug-likeness (QED) is 0.0767. The normalized spacial score (nSPS) is 14.1. The molecule has 5 aromatic rings. The molecule has 0 aromatic heterocycles. The maximum Gasteiger partial charge on any atom is 0.344 e. The highest BCUT2D eigenvalue weighted by Crippen LogP contribution is 2.62. The number of ether oxygens (including phenoxy) is 2. The zero-order valence-corrected chi connectivity index (χ0v) is 26.6. The van der Waals surface area contributed by atoms with Crippen LogP contribution in [0.5, 0.6) is 11.5 Å². The van der Waals surface area contributed by atoms with Crippen LogP contribution in [-0.4, -0.2) is 17.0 Å². The van der Waals surface area contributed by atoms with E-state index in [1.54, 1.807) is 36.4 Å². The molecule has 8 heteroatoms. The molecule has 0 fully saturated rings. The minimum absolute atomic E-state index is 0.00310. The van der Waals surface area contributed by atoms with Crippen molar-refractivity contribution in [3.8, 4) is 22.6 Å². The third kappa shape index (κ3) is 5.60. The monoisotopic (exact) mass is 784 g/mol. The number of fused-ring (bicyclic) bond motifs is 3. The Balaban J connectivity index is 1.24. The summed E-state index contributed by atoms with van der Waals surface area (Å²) < 4.78 is 12.7. The van der Waals surface area contributed by atoms with Gasteiger partial charge in [-0.2, -0.15) is 10.9 Å². The first-order valence-corrected chi connectivity index (χ1v) is 16.1. The minimum Gasteiger partial charge on any atom is -0.506 e. The zero-order chi connectivity index (χ0) is 28.5. The molecule has 0 saturated heterocycles. The van der Waals surface area contributed by atoms with E-state index >= 15 is 0 Å². The summed E-state index contributed by atoms with van der Waals surface area (Å²) in [4.78, 5) is 30.1. The maximum atomic E-state index is 13.3. The summed E-state index contributed by atoms with van der Waals surface area (Å²) in [5, 5.41) is 10.00. The Morgan fingerprint density at radius 2 is 1.29 bits per heavy atom. The molecule has 1 unspecified atom stereocenters. The molecule has 1 N–H and O–H groups in total. The van der Waals surface area contributed by atoms with E-state index in [1.807, 2.05) is 75.5 Å². The molecule has 0 saturated carbocycles. The Morgan fingerprint density at radius 3 is 2.02 bits per heavy atom. The molecule has 0 amide bonds. The highest BCUT2D eigenvalue weighted by atomic mass is 127. The molecule has 5 nitrogen and oxygen atoms in total. The van der Waals surface area contributed by atoms with Gasteiger partial charge in [0.2, 0.25) is 0 Å². The number of hydrogen-bond donors (Lipinski definition) is 2. The Bertz CT molecular complexity index is 1780. The topological polar surface area (TPSA) is 72.8 Å². The number of benzene rings is 5. The summed E-state index contributed by atoms with van der Waals surface area (Å²) in [5.74, 6) is -0.666. The second-order valence-corrected chi connectivity index (χ2v) is 13.8. The molecule has 0 aliphatic carbocycles. The third-order valence-corrected chi connectivity index (χ3v) is 10.9. The van der Waals surface area contributed by atoms with Crippen LogP contribution in [0.1, 0.15) is 26.3 Å². The summed E-state index contributed by atoms with van der Waals surface area (Å²) in [6, 6.07) is 34.5. The second kappa shape index (κ2) is 11.9. The van der Waals surface area contributed by atoms with E-state index in [-0.39, 0.29) is 23.5 Å². The first-order chi connectivity index (χ1) is 19.9. The van der Waals surface area contributed by atoms with Gasteiger partial charge in [0, 0.05) is 9.79 Å². The van der Waals surface area contributed by atoms with Gasteiger partial charge in [0.25, 0.3) is 0 Å². The molecular weight excluding hydrogens is 762 g/mol. The van der Waals surface area contributed by atoms with Gasteiger partial charge in [0.05, 0.1) is 18.3 Å². The largest absolute Gasteiger partial charge is 0.506 e. The van der Waals surface area contributed by atoms with Crippen molar-refractivity contribution in [2.75, 3.05) is 0 Å². The van der Waals surface area contributed by atoms with Crippen molar-refractivity contribution in [2.24, 2.45) is 0 Å². The predicted molar refractivity (Wildman–Crippen MR) is 176 cm³/mol. The number of carbonyl (C=O) groups is 2. The lowest BCUT2D eigenvalue weighted by Gasteiger charge is -2.19. The maximum absolute atomic E-state index is 13.3. The van der Waals surface area contributed by atoms with Gasteiger partial charge < -0.3 is 14.6 Å². The third-order valence-electron chi connectivity index (χ3n) is 6.68. The van der Waals surface area contributed by atoms with Crippen LogP contribution in [0.25, 0.3) is 11.1 Å². The molecule has 0 spiro atoms. The molecule has 204 valence electrons. The number of rotatable bonds is 6. The zero-order valence-electron chi connectivity index (χ0n) is 21.4. The summed E-state index contributed by atoms with van der Waals surface area (Å²) in [7, 11) is -0.708. The first-order valence-electron chi connectivity index (χ1n) is 12.6. The van der Waals surface area contributed by atoms with Crippen molar-refractivity contribution >= 4 is 68.0 Å². The van der Waals surface area contributed by atoms with Crippen LogP contribution in [0.4, 0.5) is 0 Å². The number of phenolic OH excluding ortho intramolecular Hbond substituents is 1. The number of esters is 2. The van der Waals surface area contributed by atoms with Crippen molar-refractivity contribution in [1.82, 2.24) is 0 Å². The molecular formula is C33H22I2O5S. The van der Waals surface area contributed by atoms with E-state index in [9.17, 15) is 14.7 Å². The van der Waals surface area contributed by atoms with Crippen LogP contribution in [0, 0.1) is 7.14 Å². The Kier molecular flexibility index (Phi) is 8.05. The van der Waals surface area contributed by atoms with Crippen molar-refractivity contribution in [3.63, 3.8) is 0 Å². The lowest BCUT2D eigenvalue weighted by molar-refractivity contribution is 0.0465. The highest BCUT2D eigenvalue weighted by molar-refractivity contribution is 14.1. The Labute approximate surface area is 267 Å². The molecule has 5 aromatic carbocycles. The van der Waals surface area contributed by atoms with Gasteiger partial charge in [0.1, 0.15) is 18.1 Å². The average molecular weight is 784 g/mol. The standard InChI is InChI=1S/C33H22I2O5S/c34-27-16-20(17-28(35)31(27)36)19-39-32(37)24-11-4-5-12-25(24)33(38)40-21-14-15-30-26(18-21)23-10-6-7-13-29(23)41(30)22-8-2-1-3-9-22/h1-18,36,41H,19H2. The lowest BCUT2D eigenvalue weighted by Crippen LogP contribution is -2.16. The fourth-order valence-corrected chi connectivity index (χ4v) is 9.30. The van der Waals surface area contributed by atoms with Gasteiger partial charge in [-0.05, 0) is 127 Å². The van der Waals surface area contributed by atoms with Gasteiger partial charge in [-0.25, -0.2) is 9.59 Å². The smallest absolute Gasteiger partial charge is 0.344 e. The molecule has 0 bridgehead atoms. The van der Waals surface area contributed by atoms with E-state index in [0.717, 1.165) is 16.7 Å². The number of phenols is 1. The fraction of sp³-hybridized carbons (Fsp3) is 0.0303. The van der Waals surface area contributed by atoms with E-state index < -0.39 is 22.8 Å². The van der Waals surface area contributed by atoms with Crippen molar-refractivity contribution in [2.45, 2.75) is 21.3 Å². The average Bonchev–Trinajstić information content (AvgIpc) is 3.32. The van der Waals surface area contributed by atoms with Crippen molar-refractivity contribution in [1.29, 1.82) is 0 Å². The Morgan fingerprint density at radius 1 is 0.683 bits per heavy atom. The van der Waals surface area contributed by atoms with E-state index in [1.165, 1.54) is 14.7 Å². The number of hydrogen-bond acceptors (Lipinski definition) is 5.